The molecule has 0 amide bonds. The first-order valence-electron chi connectivity index (χ1n) is 12.3. The number of ketones is 2. The van der Waals surface area contributed by atoms with Gasteiger partial charge in [0, 0.05) is 47.4 Å². The van der Waals surface area contributed by atoms with Crippen molar-refractivity contribution < 1.29 is 9.59 Å². The van der Waals surface area contributed by atoms with Crippen LogP contribution < -0.4 is 0 Å². The van der Waals surface area contributed by atoms with Gasteiger partial charge >= 0.3 is 0 Å². The molecule has 0 aliphatic heterocycles. The lowest BCUT2D eigenvalue weighted by Gasteiger charge is -2.21. The molecule has 0 unspecified atom stereocenters. The third-order valence-electron chi connectivity index (χ3n) is 7.34. The van der Waals surface area contributed by atoms with Gasteiger partial charge in [-0.3, -0.25) is 9.59 Å². The topological polar surface area (TPSA) is 34.1 Å². The number of carbonyl (C=O) groups excluding carboxylic acids is 2. The summed E-state index contributed by atoms with van der Waals surface area (Å²) < 4.78 is 1.45. The Morgan fingerprint density at radius 2 is 1.03 bits per heavy atom. The second-order valence-corrected chi connectivity index (χ2v) is 11.0. The van der Waals surface area contributed by atoms with E-state index in [-0.39, 0.29) is 11.6 Å². The Hall–Kier alpha value is -3.86. The van der Waals surface area contributed by atoms with Crippen LogP contribution in [0.5, 0.6) is 0 Å². The number of hydrogen-bond donors (Lipinski definition) is 0. The smallest absolute Gasteiger partial charge is 0.194 e. The van der Waals surface area contributed by atoms with E-state index in [0.29, 0.717) is 32.1 Å². The molecule has 0 fully saturated rings. The van der Waals surface area contributed by atoms with Crippen molar-refractivity contribution in [1.82, 2.24) is 0 Å². The summed E-state index contributed by atoms with van der Waals surface area (Å²) in [5.41, 5.74) is 2.14. The van der Waals surface area contributed by atoms with E-state index in [0.717, 1.165) is 36.8 Å². The molecular formula is C34H18Br2O2. The third kappa shape index (κ3) is 3.30. The Balaban J connectivity index is 1.73. The van der Waals surface area contributed by atoms with Crippen molar-refractivity contribution in [3.8, 4) is 0 Å². The highest BCUT2D eigenvalue weighted by Gasteiger charge is 2.28. The van der Waals surface area contributed by atoms with Gasteiger partial charge < -0.3 is 0 Å². The van der Waals surface area contributed by atoms with Crippen molar-refractivity contribution in [2.45, 2.75) is 0 Å². The van der Waals surface area contributed by atoms with Crippen molar-refractivity contribution in [3.63, 3.8) is 0 Å². The van der Waals surface area contributed by atoms with Gasteiger partial charge in [-0.05, 0) is 64.9 Å². The van der Waals surface area contributed by atoms with Gasteiger partial charge in [0.05, 0.1) is 0 Å². The maximum Gasteiger partial charge on any atom is 0.194 e. The quantitative estimate of drug-likeness (QED) is 0.112. The number of rotatable bonds is 4. The van der Waals surface area contributed by atoms with Gasteiger partial charge in [-0.2, -0.15) is 0 Å². The largest absolute Gasteiger partial charge is 0.289 e. The predicted molar refractivity (Wildman–Crippen MR) is 163 cm³/mol. The van der Waals surface area contributed by atoms with Crippen molar-refractivity contribution >= 4 is 86.5 Å². The van der Waals surface area contributed by atoms with Gasteiger partial charge in [0.25, 0.3) is 0 Å². The first-order chi connectivity index (χ1) is 18.6. The minimum atomic E-state index is -0.138. The van der Waals surface area contributed by atoms with Gasteiger partial charge in [-0.25, -0.2) is 0 Å². The molecule has 0 saturated carbocycles. The van der Waals surface area contributed by atoms with E-state index in [1.807, 2.05) is 72.8 Å². The Bertz CT molecular complexity index is 2060. The normalized spacial score (nSPS) is 11.6. The van der Waals surface area contributed by atoms with Gasteiger partial charge in [0.15, 0.2) is 11.6 Å². The lowest BCUT2D eigenvalue weighted by molar-refractivity contribution is 0.103. The zero-order valence-corrected chi connectivity index (χ0v) is 23.1. The van der Waals surface area contributed by atoms with Crippen LogP contribution in [0.15, 0.2) is 118 Å². The molecule has 180 valence electrons. The van der Waals surface area contributed by atoms with Crippen LogP contribution in [0.25, 0.3) is 43.1 Å². The van der Waals surface area contributed by atoms with Crippen LogP contribution in [0, 0.1) is 0 Å². The second-order valence-electron chi connectivity index (χ2n) is 9.39. The fourth-order valence-corrected chi connectivity index (χ4v) is 6.88. The van der Waals surface area contributed by atoms with Crippen LogP contribution in [0.3, 0.4) is 0 Å². The lowest BCUT2D eigenvalue weighted by atomic mass is 9.84. The van der Waals surface area contributed by atoms with E-state index in [2.05, 4.69) is 68.3 Å². The summed E-state index contributed by atoms with van der Waals surface area (Å²) in [5, 5.41) is 8.07. The highest BCUT2D eigenvalue weighted by Crippen LogP contribution is 2.49. The van der Waals surface area contributed by atoms with Crippen LogP contribution in [-0.4, -0.2) is 11.6 Å². The standard InChI is InChI=1S/C34H18Br2O2/c35-31-29-24-16-8-14-19-13-7-15-22(26(19)24)23-17-18-25(33(37)20-9-3-1-4-10-20)28(27(23)29)30(32(31)36)34(38)21-11-5-2-6-12-21/h1-18H. The van der Waals surface area contributed by atoms with Crippen molar-refractivity contribution in [2.75, 3.05) is 0 Å². The molecule has 0 aromatic heterocycles. The van der Waals surface area contributed by atoms with Crippen LogP contribution in [-0.2, 0) is 0 Å². The van der Waals surface area contributed by atoms with E-state index in [9.17, 15) is 9.59 Å². The molecule has 0 heterocycles. The molecular weight excluding hydrogens is 600 g/mol. The molecule has 7 aromatic carbocycles. The minimum absolute atomic E-state index is 0.114. The van der Waals surface area contributed by atoms with Gasteiger partial charge in [0.2, 0.25) is 0 Å². The Morgan fingerprint density at radius 1 is 0.447 bits per heavy atom. The first kappa shape index (κ1) is 23.3. The zero-order chi connectivity index (χ0) is 26.0. The van der Waals surface area contributed by atoms with Crippen LogP contribution in [0.1, 0.15) is 31.8 Å². The number of benzene rings is 7. The molecule has 7 rings (SSSR count). The third-order valence-corrected chi connectivity index (χ3v) is 9.46. The van der Waals surface area contributed by atoms with Crippen molar-refractivity contribution in [2.24, 2.45) is 0 Å². The summed E-state index contributed by atoms with van der Waals surface area (Å²) in [6.45, 7) is 0. The second kappa shape index (κ2) is 8.87. The highest BCUT2D eigenvalue weighted by molar-refractivity contribution is 9.13. The van der Waals surface area contributed by atoms with E-state index in [1.54, 1.807) is 0 Å². The van der Waals surface area contributed by atoms with Crippen molar-refractivity contribution in [3.05, 3.63) is 140 Å². The monoisotopic (exact) mass is 616 g/mol. The fraction of sp³-hybridized carbons (Fsp3) is 0. The SMILES string of the molecule is O=C(c1ccccc1)c1ccc2c3cccc4cccc(c5c(Br)c(Br)c(C(=O)c6ccccc6)c1c25)c43. The zero-order valence-electron chi connectivity index (χ0n) is 20.0. The van der Waals surface area contributed by atoms with Crippen LogP contribution in [0.4, 0.5) is 0 Å². The Kier molecular flexibility index (Phi) is 5.43. The summed E-state index contributed by atoms with van der Waals surface area (Å²) in [7, 11) is 0. The molecule has 0 bridgehead atoms. The summed E-state index contributed by atoms with van der Waals surface area (Å²) in [5.74, 6) is -0.252. The fourth-order valence-electron chi connectivity index (χ4n) is 5.69. The molecule has 7 aromatic rings. The molecule has 0 atom stereocenters. The molecule has 0 N–H and O–H groups in total. The average molecular weight is 618 g/mol. The number of hydrogen-bond acceptors (Lipinski definition) is 2. The first-order valence-corrected chi connectivity index (χ1v) is 13.8. The van der Waals surface area contributed by atoms with Gasteiger partial charge in [-0.1, -0.05) is 103 Å². The molecule has 0 saturated heterocycles. The summed E-state index contributed by atoms with van der Waals surface area (Å²) in [4.78, 5) is 28.1. The highest BCUT2D eigenvalue weighted by atomic mass is 79.9. The van der Waals surface area contributed by atoms with Crippen molar-refractivity contribution in [1.29, 1.82) is 0 Å². The van der Waals surface area contributed by atoms with Gasteiger partial charge in [-0.15, -0.1) is 0 Å². The maximum atomic E-state index is 14.1. The summed E-state index contributed by atoms with van der Waals surface area (Å²) in [6, 6.07) is 35.0. The van der Waals surface area contributed by atoms with E-state index < -0.39 is 0 Å². The van der Waals surface area contributed by atoms with Crippen LogP contribution in [0.2, 0.25) is 0 Å². The number of carbonyl (C=O) groups is 2. The predicted octanol–water partition coefficient (Wildman–Crippen LogP) is 9.72. The molecule has 2 nitrogen and oxygen atoms in total. The average Bonchev–Trinajstić information content (AvgIpc) is 2.97. The molecule has 0 spiro atoms. The summed E-state index contributed by atoms with van der Waals surface area (Å²) in [6.07, 6.45) is 0. The van der Waals surface area contributed by atoms with Gasteiger partial charge in [0.1, 0.15) is 0 Å². The number of halogens is 2. The molecule has 38 heavy (non-hydrogen) atoms. The summed E-state index contributed by atoms with van der Waals surface area (Å²) >= 11 is 7.65. The maximum absolute atomic E-state index is 14.1. The Labute approximate surface area is 235 Å². The minimum Gasteiger partial charge on any atom is -0.289 e. The molecule has 0 radical (unpaired) electrons. The Morgan fingerprint density at radius 3 is 1.68 bits per heavy atom. The molecule has 0 aliphatic carbocycles. The molecule has 4 heteroatoms. The van der Waals surface area contributed by atoms with Crippen LogP contribution >= 0.6 is 31.9 Å². The van der Waals surface area contributed by atoms with E-state index in [4.69, 9.17) is 0 Å². The number of fused-ring (bicyclic) bond motifs is 2. The van der Waals surface area contributed by atoms with E-state index in [1.165, 1.54) is 5.39 Å². The lowest BCUT2D eigenvalue weighted by Crippen LogP contribution is -2.10. The molecule has 0 aliphatic rings. The van der Waals surface area contributed by atoms with E-state index >= 15 is 0 Å².